The first-order valence-electron chi connectivity index (χ1n) is 13.5. The highest BCUT2D eigenvalue weighted by atomic mass is 32.2. The van der Waals surface area contributed by atoms with Gasteiger partial charge in [0, 0.05) is 17.7 Å². The van der Waals surface area contributed by atoms with Crippen molar-refractivity contribution < 1.29 is 37.0 Å². The second-order valence-corrected chi connectivity index (χ2v) is 12.1. The minimum absolute atomic E-state index is 0.0175. The number of sulfone groups is 1. The molecule has 0 bridgehead atoms. The molecular weight excluding hydrogens is 570 g/mol. The molecule has 0 radical (unpaired) electrons. The SMILES string of the molecule is COc1cc2c(cc1OC)[C@@H](c1ccccc1)N(C(=O)COC(=O)c1ccc3c(c1)S(=O)(=O)c1ccccc1C3=O)CC2. The minimum atomic E-state index is -4.04. The molecule has 9 nitrogen and oxygen atoms in total. The number of methoxy groups -OCH3 is 2. The van der Waals surface area contributed by atoms with Crippen LogP contribution in [0.4, 0.5) is 0 Å². The highest BCUT2D eigenvalue weighted by molar-refractivity contribution is 7.91. The predicted molar refractivity (Wildman–Crippen MR) is 155 cm³/mol. The molecule has 0 aliphatic carbocycles. The van der Waals surface area contributed by atoms with Crippen LogP contribution in [0.15, 0.2) is 94.7 Å². The van der Waals surface area contributed by atoms with Crippen molar-refractivity contribution >= 4 is 27.5 Å². The van der Waals surface area contributed by atoms with E-state index < -0.39 is 40.1 Å². The zero-order valence-electron chi connectivity index (χ0n) is 23.4. The summed E-state index contributed by atoms with van der Waals surface area (Å²) < 4.78 is 42.9. The largest absolute Gasteiger partial charge is 0.493 e. The standard InChI is InChI=1S/C33H27NO8S/c1-40-26-16-21-14-15-34(31(20-8-4-3-5-9-20)25(21)18-27(26)41-2)30(35)19-42-33(37)22-12-13-24-29(17-22)43(38,39)28-11-7-6-10-23(28)32(24)36/h3-13,16-18,31H,14-15,19H2,1-2H3/t31-/m1/s1. The quantitative estimate of drug-likeness (QED) is 0.264. The van der Waals surface area contributed by atoms with Crippen LogP contribution >= 0.6 is 0 Å². The van der Waals surface area contributed by atoms with Gasteiger partial charge in [-0.25, -0.2) is 13.2 Å². The van der Waals surface area contributed by atoms with Crippen LogP contribution in [0.2, 0.25) is 0 Å². The molecule has 4 aromatic rings. The normalized spacial score (nSPS) is 16.4. The molecule has 2 aliphatic rings. The van der Waals surface area contributed by atoms with E-state index in [1.807, 2.05) is 42.5 Å². The van der Waals surface area contributed by atoms with Gasteiger partial charge in [-0.05, 0) is 65.6 Å². The fourth-order valence-electron chi connectivity index (χ4n) is 5.71. The van der Waals surface area contributed by atoms with Crippen molar-refractivity contribution in [2.24, 2.45) is 0 Å². The summed E-state index contributed by atoms with van der Waals surface area (Å²) in [5, 5.41) is 0. The second kappa shape index (κ2) is 11.0. The average molecular weight is 598 g/mol. The minimum Gasteiger partial charge on any atom is -0.493 e. The monoisotopic (exact) mass is 597 g/mol. The van der Waals surface area contributed by atoms with Crippen LogP contribution in [-0.2, 0) is 25.8 Å². The summed E-state index contributed by atoms with van der Waals surface area (Å²) in [6.07, 6.45) is 0.552. The third-order valence-corrected chi connectivity index (χ3v) is 9.66. The number of ketones is 1. The third kappa shape index (κ3) is 4.83. The lowest BCUT2D eigenvalue weighted by molar-refractivity contribution is -0.136. The maximum absolute atomic E-state index is 13.6. The highest BCUT2D eigenvalue weighted by Crippen LogP contribution is 2.41. The summed E-state index contributed by atoms with van der Waals surface area (Å²) in [6.45, 7) is -0.187. The molecule has 0 saturated carbocycles. The Morgan fingerprint density at radius 3 is 2.26 bits per heavy atom. The number of rotatable bonds is 6. The Balaban J connectivity index is 1.26. The number of hydrogen-bond donors (Lipinski definition) is 0. The molecule has 43 heavy (non-hydrogen) atoms. The van der Waals surface area contributed by atoms with Crippen LogP contribution in [0.25, 0.3) is 0 Å². The molecule has 1 atom stereocenters. The molecule has 0 fully saturated rings. The summed E-state index contributed by atoms with van der Waals surface area (Å²) in [5.41, 5.74) is 2.75. The van der Waals surface area contributed by atoms with Gasteiger partial charge in [0.25, 0.3) is 5.91 Å². The number of carbonyl (C=O) groups excluding carboxylic acids is 3. The van der Waals surface area contributed by atoms with Crippen molar-refractivity contribution in [1.82, 2.24) is 4.90 Å². The van der Waals surface area contributed by atoms with Crippen LogP contribution in [0.3, 0.4) is 0 Å². The summed E-state index contributed by atoms with van der Waals surface area (Å²) in [7, 11) is -0.920. The van der Waals surface area contributed by atoms with E-state index in [0.717, 1.165) is 22.8 Å². The molecule has 10 heteroatoms. The molecule has 218 valence electrons. The third-order valence-electron chi connectivity index (χ3n) is 7.81. The van der Waals surface area contributed by atoms with E-state index in [1.165, 1.54) is 30.3 Å². The van der Waals surface area contributed by atoms with Crippen LogP contribution < -0.4 is 9.47 Å². The fraction of sp³-hybridized carbons (Fsp3) is 0.182. The molecule has 6 rings (SSSR count). The first-order valence-corrected chi connectivity index (χ1v) is 15.0. The maximum Gasteiger partial charge on any atom is 0.338 e. The zero-order valence-corrected chi connectivity index (χ0v) is 24.2. The van der Waals surface area contributed by atoms with Gasteiger partial charge in [-0.3, -0.25) is 9.59 Å². The van der Waals surface area contributed by atoms with Crippen molar-refractivity contribution in [3.63, 3.8) is 0 Å². The van der Waals surface area contributed by atoms with Crippen molar-refractivity contribution in [2.45, 2.75) is 22.3 Å². The number of nitrogens with zero attached hydrogens (tertiary/aromatic N) is 1. The lowest BCUT2D eigenvalue weighted by atomic mass is 9.87. The number of carbonyl (C=O) groups is 3. The summed E-state index contributed by atoms with van der Waals surface area (Å²) >= 11 is 0. The van der Waals surface area contributed by atoms with Crippen molar-refractivity contribution in [1.29, 1.82) is 0 Å². The Hall–Kier alpha value is -4.96. The van der Waals surface area contributed by atoms with Gasteiger partial charge in [-0.2, -0.15) is 0 Å². The van der Waals surface area contributed by atoms with Crippen molar-refractivity contribution in [3.05, 3.63) is 118 Å². The molecule has 2 aliphatic heterocycles. The lowest BCUT2D eigenvalue weighted by Gasteiger charge is -2.38. The second-order valence-electron chi connectivity index (χ2n) is 10.2. The Kier molecular flexibility index (Phi) is 7.23. The molecule has 0 saturated heterocycles. The average Bonchev–Trinajstić information content (AvgIpc) is 3.05. The highest BCUT2D eigenvalue weighted by Gasteiger charge is 2.36. The van der Waals surface area contributed by atoms with E-state index in [1.54, 1.807) is 25.2 Å². The Labute approximate surface area is 248 Å². The van der Waals surface area contributed by atoms with E-state index in [-0.39, 0.29) is 26.5 Å². The van der Waals surface area contributed by atoms with E-state index >= 15 is 0 Å². The number of amides is 1. The zero-order chi connectivity index (χ0) is 30.3. The van der Waals surface area contributed by atoms with Gasteiger partial charge < -0.3 is 19.1 Å². The number of ether oxygens (including phenoxy) is 3. The van der Waals surface area contributed by atoms with Crippen molar-refractivity contribution in [3.8, 4) is 11.5 Å². The van der Waals surface area contributed by atoms with E-state index in [9.17, 15) is 22.8 Å². The summed E-state index contributed by atoms with van der Waals surface area (Å²) in [6, 6.07) is 22.6. The smallest absolute Gasteiger partial charge is 0.338 e. The Bertz CT molecular complexity index is 1880. The fourth-order valence-corrected chi connectivity index (χ4v) is 7.39. The molecule has 0 unspecified atom stereocenters. The van der Waals surface area contributed by atoms with Gasteiger partial charge in [0.2, 0.25) is 9.84 Å². The van der Waals surface area contributed by atoms with Gasteiger partial charge in [0.1, 0.15) is 0 Å². The topological polar surface area (TPSA) is 116 Å². The molecule has 0 aromatic heterocycles. The molecule has 0 N–H and O–H groups in total. The maximum atomic E-state index is 13.6. The molecule has 0 spiro atoms. The number of hydrogen-bond acceptors (Lipinski definition) is 8. The van der Waals surface area contributed by atoms with Crippen molar-refractivity contribution in [2.75, 3.05) is 27.4 Å². The first kappa shape index (κ1) is 28.2. The van der Waals surface area contributed by atoms with E-state index in [0.29, 0.717) is 24.5 Å². The number of benzene rings is 4. The van der Waals surface area contributed by atoms with Gasteiger partial charge in [0.05, 0.1) is 35.6 Å². The Morgan fingerprint density at radius 1 is 0.837 bits per heavy atom. The van der Waals surface area contributed by atoms with Crippen LogP contribution in [-0.4, -0.2) is 58.3 Å². The first-order chi connectivity index (χ1) is 20.7. The molecule has 1 amide bonds. The van der Waals surface area contributed by atoms with Gasteiger partial charge >= 0.3 is 5.97 Å². The summed E-state index contributed by atoms with van der Waals surface area (Å²) in [4.78, 5) is 40.8. The Morgan fingerprint density at radius 2 is 1.51 bits per heavy atom. The molecule has 2 heterocycles. The van der Waals surface area contributed by atoms with Crippen LogP contribution in [0, 0.1) is 0 Å². The van der Waals surface area contributed by atoms with Gasteiger partial charge in [-0.1, -0.05) is 42.5 Å². The van der Waals surface area contributed by atoms with E-state index in [2.05, 4.69) is 0 Å². The van der Waals surface area contributed by atoms with Gasteiger partial charge in [0.15, 0.2) is 23.9 Å². The van der Waals surface area contributed by atoms with E-state index in [4.69, 9.17) is 14.2 Å². The van der Waals surface area contributed by atoms with Crippen LogP contribution in [0.5, 0.6) is 11.5 Å². The molecular formula is C33H27NO8S. The van der Waals surface area contributed by atoms with Crippen LogP contribution in [0.1, 0.15) is 49.0 Å². The molecule has 4 aromatic carbocycles. The lowest BCUT2D eigenvalue weighted by Crippen LogP contribution is -2.42. The number of fused-ring (bicyclic) bond motifs is 3. The van der Waals surface area contributed by atoms with Gasteiger partial charge in [-0.15, -0.1) is 0 Å². The predicted octanol–water partition coefficient (Wildman–Crippen LogP) is 4.41. The summed E-state index contributed by atoms with van der Waals surface area (Å²) in [5.74, 6) is -0.609. The number of esters is 1.